The lowest BCUT2D eigenvalue weighted by molar-refractivity contribution is -0.217. The molecule has 6 fully saturated rings. The highest BCUT2D eigenvalue weighted by atomic mass is 35.5. The highest BCUT2D eigenvalue weighted by Gasteiger charge is 2.77. The first-order valence-electron chi connectivity index (χ1n) is 27.5. The van der Waals surface area contributed by atoms with Gasteiger partial charge in [-0.05, 0) is 167 Å². The first-order chi connectivity index (χ1) is 40.0. The Morgan fingerprint density at radius 2 is 0.943 bits per heavy atom. The molecule has 0 spiro atoms. The third-order valence-corrected chi connectivity index (χ3v) is 20.1. The minimum atomic E-state index is -4.04. The number of rotatable bonds is 19. The van der Waals surface area contributed by atoms with E-state index in [1.54, 1.807) is 118 Å². The van der Waals surface area contributed by atoms with E-state index < -0.39 is 124 Å². The smallest absolute Gasteiger partial charge is 0.408 e. The molecule has 27 heteroatoms. The van der Waals surface area contributed by atoms with E-state index in [9.17, 15) is 59.5 Å². The van der Waals surface area contributed by atoms with Crippen LogP contribution in [0.5, 0.6) is 0 Å². The Labute approximate surface area is 516 Å². The number of hydrogen-bond donors (Lipinski definition) is 5. The summed E-state index contributed by atoms with van der Waals surface area (Å²) in [5.41, 5.74) is -0.453. The van der Waals surface area contributed by atoms with Gasteiger partial charge in [-0.3, -0.25) is 14.4 Å². The summed E-state index contributed by atoms with van der Waals surface area (Å²) in [5.74, 6) is -4.00. The van der Waals surface area contributed by atoms with E-state index >= 15 is 0 Å². The van der Waals surface area contributed by atoms with E-state index in [1.165, 1.54) is 71.4 Å². The van der Waals surface area contributed by atoms with Gasteiger partial charge in [0.15, 0.2) is 0 Å². The van der Waals surface area contributed by atoms with Gasteiger partial charge in [0.25, 0.3) is 0 Å². The highest BCUT2D eigenvalue weighted by molar-refractivity contribution is 7.89. The monoisotopic (exact) mass is 1290 g/mol. The van der Waals surface area contributed by atoms with Gasteiger partial charge in [0.2, 0.25) is 26.0 Å². The molecular weight excluding hydrogens is 1220 g/mol. The van der Waals surface area contributed by atoms with Crippen molar-refractivity contribution in [3.8, 4) is 0 Å². The third-order valence-electron chi connectivity index (χ3n) is 15.6. The summed E-state index contributed by atoms with van der Waals surface area (Å²) in [6.07, 6.45) is 0.0185. The number of methoxy groups -OCH3 is 2. The van der Waals surface area contributed by atoms with Crippen LogP contribution in [0.25, 0.3) is 0 Å². The molecule has 4 aromatic rings. The van der Waals surface area contributed by atoms with Crippen LogP contribution < -0.4 is 21.7 Å². The fourth-order valence-electron chi connectivity index (χ4n) is 11.2. The molecule has 0 heterocycles. The molecule has 10 rings (SSSR count). The average molecular weight is 1290 g/mol. The average Bonchev–Trinajstić information content (AvgIpc) is 0.673. The highest BCUT2D eigenvalue weighted by Crippen LogP contribution is 2.72. The van der Waals surface area contributed by atoms with Crippen LogP contribution in [-0.2, 0) is 71.3 Å². The molecule has 6 aliphatic carbocycles. The number of carbonyl (C=O) groups is 6. The predicted octanol–water partition coefficient (Wildman–Crippen LogP) is 9.02. The van der Waals surface area contributed by atoms with Crippen molar-refractivity contribution in [3.63, 3.8) is 0 Å². The number of esters is 2. The number of amides is 3. The second-order valence-corrected chi connectivity index (χ2v) is 30.2. The number of carboxylic acid groups (broad SMARTS) is 1. The number of ether oxygens (including phenoxy) is 4. The van der Waals surface area contributed by atoms with Crippen molar-refractivity contribution in [2.24, 2.45) is 16.6 Å². The molecule has 476 valence electrons. The Balaban J connectivity index is 0.000000233. The topological polar surface area (TPSA) is 296 Å². The molecule has 21 nitrogen and oxygen atoms in total. The minimum Gasteiger partial charge on any atom is -0.481 e. The summed E-state index contributed by atoms with van der Waals surface area (Å²) >= 11 is 11.6. The van der Waals surface area contributed by atoms with Gasteiger partial charge in [0.05, 0.1) is 56.0 Å². The molecule has 87 heavy (non-hydrogen) atoms. The van der Waals surface area contributed by atoms with E-state index in [0.29, 0.717) is 11.1 Å². The van der Waals surface area contributed by atoms with Gasteiger partial charge < -0.3 is 45.7 Å². The van der Waals surface area contributed by atoms with Gasteiger partial charge in [-0.15, -0.1) is 0 Å². The molecule has 4 bridgehead atoms. The summed E-state index contributed by atoms with van der Waals surface area (Å²) in [7, 11) is -5.49. The van der Waals surface area contributed by atoms with Crippen LogP contribution in [0.15, 0.2) is 107 Å². The minimum absolute atomic E-state index is 0.0356. The first kappa shape index (κ1) is 69.6. The van der Waals surface area contributed by atoms with Gasteiger partial charge in [0, 0.05) is 24.2 Å². The molecule has 6 saturated carbocycles. The Morgan fingerprint density at radius 3 is 1.28 bits per heavy atom. The van der Waals surface area contributed by atoms with E-state index in [2.05, 4.69) is 20.7 Å². The summed E-state index contributed by atoms with van der Waals surface area (Å²) in [5, 5.41) is 17.2. The van der Waals surface area contributed by atoms with Crippen LogP contribution in [-0.4, -0.2) is 126 Å². The maximum Gasteiger partial charge on any atom is 0.408 e. The van der Waals surface area contributed by atoms with Gasteiger partial charge in [0.1, 0.15) is 34.9 Å². The fraction of sp³-hybridized carbons (Fsp3) is 0.500. The van der Waals surface area contributed by atoms with Crippen LogP contribution in [0, 0.1) is 22.5 Å². The molecule has 4 aromatic carbocycles. The quantitative estimate of drug-likeness (QED) is 0.0432. The number of halogens is 4. The Hall–Kier alpha value is -6.48. The normalized spacial score (nSPS) is 21.8. The van der Waals surface area contributed by atoms with Crippen LogP contribution >= 0.6 is 23.2 Å². The van der Waals surface area contributed by atoms with E-state index in [-0.39, 0.29) is 71.5 Å². The number of aliphatic carboxylic acids is 1. The van der Waals surface area contributed by atoms with Crippen molar-refractivity contribution in [3.05, 3.63) is 130 Å². The maximum absolute atomic E-state index is 14.3. The van der Waals surface area contributed by atoms with Crippen molar-refractivity contribution < 1.29 is 78.4 Å². The number of alkyl carbamates (subject to hydrolysis) is 2. The van der Waals surface area contributed by atoms with E-state index in [4.69, 9.17) is 43.1 Å². The third kappa shape index (κ3) is 15.5. The van der Waals surface area contributed by atoms with Gasteiger partial charge in [-0.25, -0.2) is 40.0 Å². The van der Waals surface area contributed by atoms with Gasteiger partial charge in [-0.2, -0.15) is 8.61 Å². The Morgan fingerprint density at radius 1 is 0.586 bits per heavy atom. The number of carboxylic acids is 1. The molecule has 0 aliphatic heterocycles. The largest absolute Gasteiger partial charge is 0.481 e. The first-order valence-corrected chi connectivity index (χ1v) is 31.2. The number of nitrogens with one attached hydrogen (secondary N) is 3. The second kappa shape index (κ2) is 25.6. The Bertz CT molecular complexity index is 3450. The summed E-state index contributed by atoms with van der Waals surface area (Å²) < 4.78 is 105. The lowest BCUT2D eigenvalue weighted by atomic mass is 9.39. The number of benzene rings is 4. The zero-order valence-corrected chi connectivity index (χ0v) is 53.7. The molecule has 3 amide bonds. The number of nitrogens with zero attached hydrogens (tertiary/aromatic N) is 2. The summed E-state index contributed by atoms with van der Waals surface area (Å²) in [4.78, 5) is 73.3. The van der Waals surface area contributed by atoms with Crippen molar-refractivity contribution in [1.29, 1.82) is 0 Å². The molecular formula is C60H76Cl2F2N6O15S2. The Kier molecular flexibility index (Phi) is 20.4. The lowest BCUT2D eigenvalue weighted by Gasteiger charge is -2.72. The van der Waals surface area contributed by atoms with Gasteiger partial charge in [-0.1, -0.05) is 71.7 Å². The zero-order valence-electron chi connectivity index (χ0n) is 50.5. The van der Waals surface area contributed by atoms with Crippen LogP contribution in [0.2, 0.25) is 10.0 Å². The van der Waals surface area contributed by atoms with E-state index in [0.717, 1.165) is 0 Å². The zero-order chi connectivity index (χ0) is 65.3. The second-order valence-electron chi connectivity index (χ2n) is 25.6. The predicted molar refractivity (Wildman–Crippen MR) is 318 cm³/mol. The summed E-state index contributed by atoms with van der Waals surface area (Å²) in [6, 6.07) is 22.0. The van der Waals surface area contributed by atoms with Crippen molar-refractivity contribution in [2.45, 2.75) is 176 Å². The number of hydrogen-bond acceptors (Lipinski definition) is 15. The standard InChI is InChI=1S/C30H37ClFN3O7S.C19H17ClFNO4S.C11H22N2O4/c1-27(2,3)42-26(38)34-28(4,5)23(24(36)41-6)33-25(37)29-16-30(17-29,18-29)35(15-19-12-13-21(31)22(32)14-19)43(39,40)20-10-8-7-9-11-20;20-15-7-6-13(8-16(15)21)9-22(19-10-18(11-19,12-19)17(23)24)27(25,26)14-4-2-1-3-5-14;1-10(2,3)17-9(15)13-11(4,5)7(12)8(14)16-6/h7-14,23H,15-18H2,1-6H3,(H,33,37)(H,34,38);1-8H,9-12H2,(H,23,24);7H,12H2,1-6H3,(H,13,15)/t23-,29?,30?;;7-/m0.0/s1. The molecule has 6 N–H and O–H groups in total. The van der Waals surface area contributed by atoms with Crippen molar-refractivity contribution in [1.82, 2.24) is 24.6 Å². The molecule has 0 radical (unpaired) electrons. The molecule has 0 aromatic heterocycles. The van der Waals surface area contributed by atoms with E-state index in [1.807, 2.05) is 0 Å². The van der Waals surface area contributed by atoms with Gasteiger partial charge >= 0.3 is 30.1 Å². The SMILES string of the molecule is COC(=O)[C@H](N)C(C)(C)NC(=O)OC(C)(C)C.COC(=O)[C@H](NC(=O)C12CC(N(Cc3ccc(Cl)c(F)c3)S(=O)(=O)c3ccccc3)(C1)C2)C(C)(C)NC(=O)OC(C)(C)C.O=C(O)C12CC(N(Cc3ccc(Cl)c(F)c3)S(=O)(=O)c3ccccc3)(C1)C2. The molecule has 6 aliphatic rings. The summed E-state index contributed by atoms with van der Waals surface area (Å²) in [6.45, 7) is 16.5. The van der Waals surface area contributed by atoms with Crippen molar-refractivity contribution in [2.75, 3.05) is 14.2 Å². The lowest BCUT2D eigenvalue weighted by Crippen LogP contribution is -2.79. The molecule has 0 saturated heterocycles. The maximum atomic E-state index is 14.3. The number of nitrogens with two attached hydrogens (primary N) is 1. The van der Waals surface area contributed by atoms with Crippen LogP contribution in [0.4, 0.5) is 18.4 Å². The number of carbonyl (C=O) groups excluding carboxylic acids is 5. The fourth-order valence-corrected chi connectivity index (χ4v) is 15.0. The molecule has 0 unspecified atom stereocenters. The molecule has 2 atom stereocenters. The van der Waals surface area contributed by atoms with Crippen LogP contribution in [0.1, 0.15) is 119 Å². The van der Waals surface area contributed by atoms with Crippen LogP contribution in [0.3, 0.4) is 0 Å². The van der Waals surface area contributed by atoms with Crippen molar-refractivity contribution >= 4 is 79.3 Å². The number of sulfonamides is 2.